The van der Waals surface area contributed by atoms with Crippen molar-refractivity contribution >= 4 is 5.97 Å². The fourth-order valence-corrected chi connectivity index (χ4v) is 8.31. The Morgan fingerprint density at radius 3 is 1.33 bits per heavy atom. The highest BCUT2D eigenvalue weighted by atomic mass is 16.7. The molecule has 1 saturated heterocycles. The van der Waals surface area contributed by atoms with Crippen LogP contribution in [0.15, 0.2) is 12.2 Å². The molecular weight excluding hydrogens is 769 g/mol. The summed E-state index contributed by atoms with van der Waals surface area (Å²) in [7, 11) is 0. The third kappa shape index (κ3) is 34.9. The number of carbonyl (C=O) groups is 1. The van der Waals surface area contributed by atoms with Gasteiger partial charge in [0.15, 0.2) is 6.29 Å². The van der Waals surface area contributed by atoms with E-state index in [1.165, 1.54) is 199 Å². The monoisotopic (exact) mass is 869 g/mol. The molecule has 0 aromatic carbocycles. The van der Waals surface area contributed by atoms with Crippen molar-refractivity contribution in [3.05, 3.63) is 12.2 Å². The number of esters is 1. The van der Waals surface area contributed by atoms with Crippen LogP contribution in [0.3, 0.4) is 0 Å². The van der Waals surface area contributed by atoms with Crippen molar-refractivity contribution in [1.82, 2.24) is 0 Å². The van der Waals surface area contributed by atoms with Crippen LogP contribution in [0.1, 0.15) is 251 Å². The standard InChI is InChI=1S/C52H100O9/c1-3-5-7-9-11-13-15-17-18-19-20-21-22-23-24-25-26-27-28-29-31-33-35-37-39-41-48(54)60-46(45-59-52-51(57)50(56)49(55)47(43-53)61-52)44-58-42-40-38-36-34-32-30-16-14-12-10-8-6-4-2/h19-20,46-47,49-53,55-57H,3-18,21-45H2,1-2H3/b20-19-. The maximum Gasteiger partial charge on any atom is 0.306 e. The number of hydrogen-bond acceptors (Lipinski definition) is 9. The molecule has 0 aliphatic carbocycles. The zero-order valence-corrected chi connectivity index (χ0v) is 39.9. The molecule has 6 atom stereocenters. The van der Waals surface area contributed by atoms with Gasteiger partial charge in [-0.2, -0.15) is 0 Å². The quantitative estimate of drug-likeness (QED) is 0.0268. The van der Waals surface area contributed by atoms with Crippen molar-refractivity contribution in [2.24, 2.45) is 0 Å². The molecule has 0 spiro atoms. The Balaban J connectivity index is 2.14. The van der Waals surface area contributed by atoms with E-state index < -0.39 is 43.4 Å². The van der Waals surface area contributed by atoms with Crippen LogP contribution in [-0.4, -0.2) is 89.6 Å². The minimum atomic E-state index is -1.53. The summed E-state index contributed by atoms with van der Waals surface area (Å²) in [6.07, 6.45) is 43.9. The Kier molecular flexibility index (Phi) is 41.9. The van der Waals surface area contributed by atoms with E-state index in [9.17, 15) is 25.2 Å². The zero-order chi connectivity index (χ0) is 44.3. The highest BCUT2D eigenvalue weighted by molar-refractivity contribution is 5.69. The third-order valence-electron chi connectivity index (χ3n) is 12.4. The van der Waals surface area contributed by atoms with Crippen molar-refractivity contribution in [3.8, 4) is 0 Å². The summed E-state index contributed by atoms with van der Waals surface area (Å²) in [5.41, 5.74) is 0. The average Bonchev–Trinajstić information content (AvgIpc) is 3.26. The predicted octanol–water partition coefficient (Wildman–Crippen LogP) is 12.8. The van der Waals surface area contributed by atoms with Gasteiger partial charge < -0.3 is 39.4 Å². The molecule has 0 aromatic heterocycles. The number of allylic oxidation sites excluding steroid dienone is 2. The molecule has 4 N–H and O–H groups in total. The lowest BCUT2D eigenvalue weighted by Crippen LogP contribution is -2.59. The third-order valence-corrected chi connectivity index (χ3v) is 12.4. The van der Waals surface area contributed by atoms with Gasteiger partial charge in [-0.3, -0.25) is 4.79 Å². The normalized spacial score (nSPS) is 19.9. The average molecular weight is 869 g/mol. The summed E-state index contributed by atoms with van der Waals surface area (Å²) in [4.78, 5) is 12.8. The lowest BCUT2D eigenvalue weighted by molar-refractivity contribution is -0.305. The van der Waals surface area contributed by atoms with E-state index in [2.05, 4.69) is 26.0 Å². The van der Waals surface area contributed by atoms with Gasteiger partial charge in [0.25, 0.3) is 0 Å². The molecule has 1 fully saturated rings. The first-order valence-electron chi connectivity index (χ1n) is 26.3. The molecule has 61 heavy (non-hydrogen) atoms. The maximum atomic E-state index is 12.8. The van der Waals surface area contributed by atoms with Gasteiger partial charge in [0, 0.05) is 13.0 Å². The second-order valence-corrected chi connectivity index (χ2v) is 18.3. The Morgan fingerprint density at radius 2 is 0.902 bits per heavy atom. The zero-order valence-electron chi connectivity index (χ0n) is 39.9. The molecule has 1 aliphatic heterocycles. The van der Waals surface area contributed by atoms with Gasteiger partial charge in [-0.25, -0.2) is 0 Å². The lowest BCUT2D eigenvalue weighted by Gasteiger charge is -2.39. The fraction of sp³-hybridized carbons (Fsp3) is 0.942. The summed E-state index contributed by atoms with van der Waals surface area (Å²) < 4.78 is 22.9. The lowest BCUT2D eigenvalue weighted by atomic mass is 9.99. The Hall–Kier alpha value is -1.07. The van der Waals surface area contributed by atoms with E-state index in [-0.39, 0.29) is 19.2 Å². The predicted molar refractivity (Wildman–Crippen MR) is 252 cm³/mol. The smallest absolute Gasteiger partial charge is 0.306 e. The van der Waals surface area contributed by atoms with E-state index >= 15 is 0 Å². The Labute approximate surface area is 375 Å². The van der Waals surface area contributed by atoms with Gasteiger partial charge in [0.05, 0.1) is 19.8 Å². The molecule has 0 aromatic rings. The number of unbranched alkanes of at least 4 members (excludes halogenated alkanes) is 33. The van der Waals surface area contributed by atoms with Crippen molar-refractivity contribution in [2.75, 3.05) is 26.4 Å². The molecule has 0 bridgehead atoms. The summed E-state index contributed by atoms with van der Waals surface area (Å²) in [6.45, 7) is 4.61. The number of carbonyl (C=O) groups excluding carboxylic acids is 1. The van der Waals surface area contributed by atoms with Crippen LogP contribution in [0.2, 0.25) is 0 Å². The highest BCUT2D eigenvalue weighted by Crippen LogP contribution is 2.23. The van der Waals surface area contributed by atoms with Gasteiger partial charge in [0.1, 0.15) is 30.5 Å². The van der Waals surface area contributed by atoms with Gasteiger partial charge in [0.2, 0.25) is 0 Å². The maximum absolute atomic E-state index is 12.8. The van der Waals surface area contributed by atoms with Gasteiger partial charge in [-0.15, -0.1) is 0 Å². The van der Waals surface area contributed by atoms with E-state index in [0.717, 1.165) is 32.1 Å². The molecule has 9 nitrogen and oxygen atoms in total. The topological polar surface area (TPSA) is 135 Å². The first kappa shape index (κ1) is 57.9. The summed E-state index contributed by atoms with van der Waals surface area (Å²) in [5.74, 6) is -0.308. The second kappa shape index (κ2) is 44.1. The van der Waals surface area contributed by atoms with E-state index in [1.54, 1.807) is 0 Å². The van der Waals surface area contributed by atoms with Crippen molar-refractivity contribution in [1.29, 1.82) is 0 Å². The largest absolute Gasteiger partial charge is 0.457 e. The van der Waals surface area contributed by atoms with E-state index in [1.807, 2.05) is 0 Å². The second-order valence-electron chi connectivity index (χ2n) is 18.3. The fourth-order valence-electron chi connectivity index (χ4n) is 8.31. The number of rotatable bonds is 46. The summed E-state index contributed by atoms with van der Waals surface area (Å²) >= 11 is 0. The minimum Gasteiger partial charge on any atom is -0.457 e. The highest BCUT2D eigenvalue weighted by Gasteiger charge is 2.44. The van der Waals surface area contributed by atoms with Gasteiger partial charge in [-0.1, -0.05) is 219 Å². The number of ether oxygens (including phenoxy) is 4. The van der Waals surface area contributed by atoms with Crippen LogP contribution in [0.4, 0.5) is 0 Å². The molecule has 1 aliphatic rings. The van der Waals surface area contributed by atoms with Crippen molar-refractivity contribution in [2.45, 2.75) is 288 Å². The first-order valence-corrected chi connectivity index (χ1v) is 26.3. The van der Waals surface area contributed by atoms with Crippen LogP contribution in [-0.2, 0) is 23.7 Å². The van der Waals surface area contributed by atoms with Gasteiger partial charge >= 0.3 is 5.97 Å². The van der Waals surface area contributed by atoms with Crippen LogP contribution < -0.4 is 0 Å². The molecule has 6 unspecified atom stereocenters. The molecule has 9 heteroatoms. The Morgan fingerprint density at radius 1 is 0.508 bits per heavy atom. The van der Waals surface area contributed by atoms with Crippen LogP contribution in [0, 0.1) is 0 Å². The summed E-state index contributed by atoms with van der Waals surface area (Å²) in [5, 5.41) is 40.2. The SMILES string of the molecule is CCCCCCCCCC/C=C\CCCCCCCCCCCCCCCC(=O)OC(COCCCCCCCCCCCCCCC)COC1OC(CO)C(O)C(O)C1O. The van der Waals surface area contributed by atoms with Gasteiger partial charge in [-0.05, 0) is 38.5 Å². The molecule has 362 valence electrons. The Bertz CT molecular complexity index is 946. The molecule has 0 amide bonds. The van der Waals surface area contributed by atoms with Crippen LogP contribution in [0.5, 0.6) is 0 Å². The number of hydrogen-bond donors (Lipinski definition) is 4. The number of aliphatic hydroxyl groups is 4. The van der Waals surface area contributed by atoms with E-state index in [4.69, 9.17) is 18.9 Å². The van der Waals surface area contributed by atoms with E-state index in [0.29, 0.717) is 13.0 Å². The molecule has 0 radical (unpaired) electrons. The summed E-state index contributed by atoms with van der Waals surface area (Å²) in [6, 6.07) is 0. The van der Waals surface area contributed by atoms with Crippen LogP contribution in [0.25, 0.3) is 0 Å². The first-order chi connectivity index (χ1) is 29.9. The van der Waals surface area contributed by atoms with Crippen molar-refractivity contribution < 1.29 is 44.2 Å². The van der Waals surface area contributed by atoms with Crippen LogP contribution >= 0.6 is 0 Å². The molecule has 1 rings (SSSR count). The molecular formula is C52H100O9. The molecule has 1 heterocycles. The minimum absolute atomic E-state index is 0.107. The molecule has 0 saturated carbocycles. The number of aliphatic hydroxyl groups excluding tert-OH is 4. The van der Waals surface area contributed by atoms with Crippen molar-refractivity contribution in [3.63, 3.8) is 0 Å².